The number of carbonyl (C=O) groups is 1. The van der Waals surface area contributed by atoms with Crippen molar-refractivity contribution in [3.63, 3.8) is 0 Å². The maximum atomic E-state index is 12.8. The summed E-state index contributed by atoms with van der Waals surface area (Å²) >= 11 is 0. The highest BCUT2D eigenvalue weighted by Gasteiger charge is 2.19. The van der Waals surface area contributed by atoms with E-state index in [0.717, 1.165) is 24.8 Å². The molecule has 0 fully saturated rings. The van der Waals surface area contributed by atoms with Crippen molar-refractivity contribution in [1.82, 2.24) is 0 Å². The Morgan fingerprint density at radius 1 is 1.03 bits per heavy atom. The van der Waals surface area contributed by atoms with E-state index in [-0.39, 0.29) is 5.43 Å². The van der Waals surface area contributed by atoms with Crippen LogP contribution in [0.15, 0.2) is 64.0 Å². The van der Waals surface area contributed by atoms with Gasteiger partial charge in [0.15, 0.2) is 11.5 Å². The molecule has 3 rings (SSSR count). The van der Waals surface area contributed by atoms with Gasteiger partial charge in [0.2, 0.25) is 0 Å². The van der Waals surface area contributed by atoms with Crippen molar-refractivity contribution in [3.05, 3.63) is 65.0 Å². The molecule has 1 unspecified atom stereocenters. The molecule has 1 heterocycles. The lowest BCUT2D eigenvalue weighted by Crippen LogP contribution is -2.26. The molecule has 5 nitrogen and oxygen atoms in total. The van der Waals surface area contributed by atoms with Gasteiger partial charge in [-0.3, -0.25) is 4.79 Å². The number of fused-ring (bicyclic) bond motifs is 1. The highest BCUT2D eigenvalue weighted by Crippen LogP contribution is 2.24. The highest BCUT2D eigenvalue weighted by molar-refractivity contribution is 5.82. The second-order valence-electron chi connectivity index (χ2n) is 7.50. The molecule has 0 amide bonds. The fraction of sp³-hybridized carbons (Fsp3) is 0.360. The lowest BCUT2D eigenvalue weighted by molar-refractivity contribution is -0.145. The van der Waals surface area contributed by atoms with E-state index < -0.39 is 12.1 Å². The van der Waals surface area contributed by atoms with Crippen LogP contribution in [0.4, 0.5) is 0 Å². The van der Waals surface area contributed by atoms with E-state index in [1.165, 1.54) is 25.5 Å². The van der Waals surface area contributed by atoms with E-state index >= 15 is 0 Å². The molecule has 5 heteroatoms. The average Bonchev–Trinajstić information content (AvgIpc) is 2.76. The van der Waals surface area contributed by atoms with Crippen LogP contribution in [0.5, 0.6) is 5.75 Å². The maximum absolute atomic E-state index is 12.8. The molecule has 1 aromatic heterocycles. The molecule has 0 aliphatic heterocycles. The summed E-state index contributed by atoms with van der Waals surface area (Å²) in [5, 5.41) is 9.93. The zero-order chi connectivity index (χ0) is 21.3. The van der Waals surface area contributed by atoms with Crippen LogP contribution in [0.25, 0.3) is 22.1 Å². The van der Waals surface area contributed by atoms with Crippen LogP contribution >= 0.6 is 0 Å². The first-order chi connectivity index (χ1) is 14.6. The molecule has 0 aliphatic carbocycles. The molecule has 1 atom stereocenters. The van der Waals surface area contributed by atoms with Crippen LogP contribution < -0.4 is 10.2 Å². The van der Waals surface area contributed by atoms with Crippen molar-refractivity contribution < 1.29 is 19.1 Å². The van der Waals surface area contributed by atoms with E-state index in [2.05, 4.69) is 6.92 Å². The van der Waals surface area contributed by atoms with Crippen molar-refractivity contribution in [2.24, 2.45) is 0 Å². The van der Waals surface area contributed by atoms with E-state index in [1.807, 2.05) is 30.3 Å². The van der Waals surface area contributed by atoms with E-state index in [4.69, 9.17) is 9.15 Å². The average molecular weight is 408 g/mol. The number of aliphatic carboxylic acids is 1. The second kappa shape index (κ2) is 10.6. The summed E-state index contributed by atoms with van der Waals surface area (Å²) in [6, 6.07) is 14.2. The molecule has 0 radical (unpaired) electrons. The third-order valence-electron chi connectivity index (χ3n) is 5.20. The number of carboxylic acids is 1. The third-order valence-corrected chi connectivity index (χ3v) is 5.20. The van der Waals surface area contributed by atoms with Gasteiger partial charge in [-0.2, -0.15) is 0 Å². The quantitative estimate of drug-likeness (QED) is 0.391. The molecule has 3 aromatic rings. The fourth-order valence-corrected chi connectivity index (χ4v) is 3.51. The zero-order valence-corrected chi connectivity index (χ0v) is 17.3. The van der Waals surface area contributed by atoms with E-state index in [0.29, 0.717) is 28.7 Å². The fourth-order valence-electron chi connectivity index (χ4n) is 3.51. The summed E-state index contributed by atoms with van der Waals surface area (Å²) in [7, 11) is 0. The van der Waals surface area contributed by atoms with Crippen LogP contribution in [-0.2, 0) is 4.79 Å². The van der Waals surface area contributed by atoms with Gasteiger partial charge in [-0.15, -0.1) is 0 Å². The number of ether oxygens (including phenoxy) is 1. The van der Waals surface area contributed by atoms with Crippen molar-refractivity contribution in [2.45, 2.75) is 58.0 Å². The number of rotatable bonds is 11. The molecule has 0 saturated heterocycles. The summed E-state index contributed by atoms with van der Waals surface area (Å²) in [5.74, 6) is -0.596. The highest BCUT2D eigenvalue weighted by atomic mass is 16.5. The van der Waals surface area contributed by atoms with Gasteiger partial charge in [-0.25, -0.2) is 4.79 Å². The molecular weight excluding hydrogens is 380 g/mol. The molecule has 0 spiro atoms. The monoisotopic (exact) mass is 408 g/mol. The van der Waals surface area contributed by atoms with Crippen molar-refractivity contribution in [2.75, 3.05) is 0 Å². The Bertz CT molecular complexity index is 1020. The number of hydrogen-bond donors (Lipinski definition) is 1. The maximum Gasteiger partial charge on any atom is 0.344 e. The van der Waals surface area contributed by atoms with Crippen molar-refractivity contribution >= 4 is 16.9 Å². The lowest BCUT2D eigenvalue weighted by atomic mass is 10.1. The van der Waals surface area contributed by atoms with Gasteiger partial charge in [-0.1, -0.05) is 69.4 Å². The van der Waals surface area contributed by atoms with Gasteiger partial charge in [0.25, 0.3) is 0 Å². The first kappa shape index (κ1) is 21.6. The Morgan fingerprint density at radius 3 is 2.50 bits per heavy atom. The Hall–Kier alpha value is -3.08. The lowest BCUT2D eigenvalue weighted by Gasteiger charge is -2.15. The molecule has 30 heavy (non-hydrogen) atoms. The van der Waals surface area contributed by atoms with Gasteiger partial charge < -0.3 is 14.3 Å². The first-order valence-electron chi connectivity index (χ1n) is 10.6. The van der Waals surface area contributed by atoms with Crippen LogP contribution in [-0.4, -0.2) is 17.2 Å². The topological polar surface area (TPSA) is 76.7 Å². The minimum absolute atomic E-state index is 0.129. The minimum atomic E-state index is -0.982. The molecule has 0 saturated carbocycles. The molecule has 0 aliphatic rings. The predicted octanol–water partition coefficient (Wildman–Crippen LogP) is 6.04. The molecule has 0 bridgehead atoms. The molecule has 1 N–H and O–H groups in total. The van der Waals surface area contributed by atoms with Crippen molar-refractivity contribution in [1.29, 1.82) is 0 Å². The van der Waals surface area contributed by atoms with Crippen LogP contribution in [0.2, 0.25) is 0 Å². The molecule has 2 aromatic carbocycles. The normalized spacial score (nSPS) is 12.0. The standard InChI is InChI=1S/C25H28O5/c1-2-3-4-5-6-10-13-22(25(27)28)30-19-14-15-20-23(16-19)29-17-21(24(20)26)18-11-8-7-9-12-18/h7-9,11-12,14-17,22H,2-6,10,13H2,1H3,(H,27,28). The van der Waals surface area contributed by atoms with Gasteiger partial charge in [0, 0.05) is 6.07 Å². The first-order valence-corrected chi connectivity index (χ1v) is 10.6. The summed E-state index contributed by atoms with van der Waals surface area (Å²) in [6.45, 7) is 2.17. The molecular formula is C25H28O5. The Labute approximate surface area is 176 Å². The number of benzene rings is 2. The Balaban J connectivity index is 1.71. The minimum Gasteiger partial charge on any atom is -0.479 e. The Kier molecular flexibility index (Phi) is 7.66. The van der Waals surface area contributed by atoms with Crippen LogP contribution in [0, 0.1) is 0 Å². The van der Waals surface area contributed by atoms with Gasteiger partial charge in [-0.05, 0) is 30.5 Å². The van der Waals surface area contributed by atoms with Gasteiger partial charge >= 0.3 is 5.97 Å². The smallest absolute Gasteiger partial charge is 0.344 e. The van der Waals surface area contributed by atoms with Crippen molar-refractivity contribution in [3.8, 4) is 16.9 Å². The second-order valence-corrected chi connectivity index (χ2v) is 7.50. The summed E-state index contributed by atoms with van der Waals surface area (Å²) < 4.78 is 11.4. The van der Waals surface area contributed by atoms with Gasteiger partial charge in [0.05, 0.1) is 10.9 Å². The van der Waals surface area contributed by atoms with Crippen LogP contribution in [0.1, 0.15) is 51.9 Å². The number of hydrogen-bond acceptors (Lipinski definition) is 4. The zero-order valence-electron chi connectivity index (χ0n) is 17.3. The van der Waals surface area contributed by atoms with E-state index in [9.17, 15) is 14.7 Å². The Morgan fingerprint density at radius 2 is 1.77 bits per heavy atom. The van der Waals surface area contributed by atoms with E-state index in [1.54, 1.807) is 18.2 Å². The number of carboxylic acid groups (broad SMARTS) is 1. The molecule has 158 valence electrons. The third kappa shape index (κ3) is 5.50. The summed E-state index contributed by atoms with van der Waals surface area (Å²) in [4.78, 5) is 24.4. The largest absolute Gasteiger partial charge is 0.479 e. The summed E-state index contributed by atoms with van der Waals surface area (Å²) in [6.07, 6.45) is 7.49. The predicted molar refractivity (Wildman–Crippen MR) is 118 cm³/mol. The SMILES string of the molecule is CCCCCCCCC(Oc1ccc2c(=O)c(-c3ccccc3)coc2c1)C(=O)O. The summed E-state index contributed by atoms with van der Waals surface area (Å²) in [5.41, 5.74) is 1.53. The van der Waals surface area contributed by atoms with Gasteiger partial charge in [0.1, 0.15) is 17.6 Å². The number of unbranched alkanes of at least 4 members (excludes halogenated alkanes) is 5. The van der Waals surface area contributed by atoms with Crippen LogP contribution in [0.3, 0.4) is 0 Å².